The number of ketones is 1. The number of nitrogens with one attached hydrogen (secondary N) is 6. The van der Waals surface area contributed by atoms with Gasteiger partial charge in [0.2, 0.25) is 29.5 Å². The quantitative estimate of drug-likeness (QED) is 0.0588. The lowest BCUT2D eigenvalue weighted by Crippen LogP contribution is -2.61. The van der Waals surface area contributed by atoms with Crippen LogP contribution in [0.5, 0.6) is 5.75 Å². The van der Waals surface area contributed by atoms with E-state index in [9.17, 15) is 63.9 Å². The fourth-order valence-electron chi connectivity index (χ4n) is 6.23. The van der Waals surface area contributed by atoms with Crippen LogP contribution in [-0.4, -0.2) is 121 Å². The number of carboxylic acids is 2. The number of aromatic hydroxyl groups is 1. The molecule has 6 atom stereocenters. The van der Waals surface area contributed by atoms with Crippen LogP contribution in [0.2, 0.25) is 0 Å². The molecule has 61 heavy (non-hydrogen) atoms. The Kier molecular flexibility index (Phi) is 20.5. The lowest BCUT2D eigenvalue weighted by atomic mass is 9.83. The zero-order valence-corrected chi connectivity index (χ0v) is 35.3. The molecule has 336 valence electrons. The fraction of sp³-hybridized carbons (Fsp3) is 0.524. The molecule has 2 aromatic carbocycles. The first-order chi connectivity index (χ1) is 28.5. The number of rotatable bonds is 25. The van der Waals surface area contributed by atoms with E-state index in [1.165, 1.54) is 24.3 Å². The Hall–Kier alpha value is -5.92. The summed E-state index contributed by atoms with van der Waals surface area (Å²) in [6, 6.07) is 5.01. The molecule has 19 heteroatoms. The number of phenols is 1. The highest BCUT2D eigenvalue weighted by molar-refractivity contribution is 5.98. The first-order valence-electron chi connectivity index (χ1n) is 19.9. The summed E-state index contributed by atoms with van der Waals surface area (Å²) in [7, 11) is 0. The monoisotopic (exact) mass is 856 g/mol. The molecule has 0 aliphatic heterocycles. The third kappa shape index (κ3) is 18.5. The molecule has 11 N–H and O–H groups in total. The van der Waals surface area contributed by atoms with E-state index in [-0.39, 0.29) is 49.7 Å². The van der Waals surface area contributed by atoms with Crippen LogP contribution in [0, 0.1) is 5.41 Å². The Morgan fingerprint density at radius 2 is 0.984 bits per heavy atom. The van der Waals surface area contributed by atoms with Gasteiger partial charge in [0.1, 0.15) is 29.9 Å². The molecule has 0 spiro atoms. The van der Waals surface area contributed by atoms with Crippen LogP contribution in [0.1, 0.15) is 84.8 Å². The Morgan fingerprint density at radius 1 is 0.574 bits per heavy atom. The SMILES string of the molecule is CCC(=O)[C@@H](NC(=O)[C@H](CC(=O)O)NC(=O)[C@H](Cc1ccc(O)cc1)NC(=O)[C@H](Cc1ccccc1)NC(=O)[C@H](CC(=O)O)NC(=O)[C@H](CCC(O)O)NC(C)C)C(C)(C)C. The molecule has 2 rings (SSSR count). The highest BCUT2D eigenvalue weighted by Gasteiger charge is 2.37. The van der Waals surface area contributed by atoms with E-state index in [1.54, 1.807) is 71.9 Å². The first kappa shape index (κ1) is 51.2. The second kappa shape index (κ2) is 24.4. The van der Waals surface area contributed by atoms with Gasteiger partial charge in [-0.1, -0.05) is 84.0 Å². The summed E-state index contributed by atoms with van der Waals surface area (Å²) in [4.78, 5) is 106. The van der Waals surface area contributed by atoms with Gasteiger partial charge in [-0.15, -0.1) is 0 Å². The maximum Gasteiger partial charge on any atom is 0.305 e. The molecule has 0 radical (unpaired) electrons. The number of carbonyl (C=O) groups excluding carboxylic acids is 6. The summed E-state index contributed by atoms with van der Waals surface area (Å²) >= 11 is 0. The number of carboxylic acid groups (broad SMARTS) is 2. The molecule has 0 aliphatic rings. The highest BCUT2D eigenvalue weighted by atomic mass is 16.5. The summed E-state index contributed by atoms with van der Waals surface area (Å²) in [6.07, 6.45) is -4.26. The lowest BCUT2D eigenvalue weighted by Gasteiger charge is -2.32. The van der Waals surface area contributed by atoms with Crippen LogP contribution < -0.4 is 31.9 Å². The van der Waals surface area contributed by atoms with Crippen LogP contribution >= 0.6 is 0 Å². The highest BCUT2D eigenvalue weighted by Crippen LogP contribution is 2.21. The smallest absolute Gasteiger partial charge is 0.305 e. The van der Waals surface area contributed by atoms with Crippen molar-refractivity contribution in [1.29, 1.82) is 0 Å². The van der Waals surface area contributed by atoms with E-state index in [1.807, 2.05) is 0 Å². The number of aliphatic hydroxyl groups excluding tert-OH is 1. The number of amides is 5. The predicted octanol–water partition coefficient (Wildman–Crippen LogP) is 0.0335. The molecule has 2 aromatic rings. The molecule has 0 unspecified atom stereocenters. The van der Waals surface area contributed by atoms with Gasteiger partial charge in [0, 0.05) is 25.3 Å². The van der Waals surface area contributed by atoms with Crippen molar-refractivity contribution < 1.29 is 63.9 Å². The van der Waals surface area contributed by atoms with Gasteiger partial charge in [-0.05, 0) is 41.5 Å². The minimum Gasteiger partial charge on any atom is -0.508 e. The van der Waals surface area contributed by atoms with E-state index in [0.717, 1.165) is 0 Å². The molecule has 0 heterocycles. The van der Waals surface area contributed by atoms with Crippen molar-refractivity contribution in [1.82, 2.24) is 31.9 Å². The van der Waals surface area contributed by atoms with Crippen molar-refractivity contribution in [2.45, 2.75) is 135 Å². The van der Waals surface area contributed by atoms with Crippen LogP contribution in [-0.2, 0) is 51.2 Å². The van der Waals surface area contributed by atoms with Gasteiger partial charge in [-0.25, -0.2) is 0 Å². The summed E-state index contributed by atoms with van der Waals surface area (Å²) in [5, 5.41) is 63.3. The number of hydrogen-bond donors (Lipinski definition) is 11. The third-order valence-corrected chi connectivity index (χ3v) is 9.34. The van der Waals surface area contributed by atoms with E-state index in [0.29, 0.717) is 11.1 Å². The minimum absolute atomic E-state index is 0.0640. The number of aliphatic hydroxyl groups is 2. The van der Waals surface area contributed by atoms with Crippen LogP contribution in [0.25, 0.3) is 0 Å². The van der Waals surface area contributed by atoms with Crippen molar-refractivity contribution in [3.63, 3.8) is 0 Å². The van der Waals surface area contributed by atoms with E-state index in [4.69, 9.17) is 0 Å². The molecule has 5 amide bonds. The van der Waals surface area contributed by atoms with E-state index in [2.05, 4.69) is 31.9 Å². The van der Waals surface area contributed by atoms with Crippen molar-refractivity contribution in [3.05, 3.63) is 65.7 Å². The maximum absolute atomic E-state index is 14.2. The standard InChI is InChI=1S/C42H60N6O13/c1-7-32(50)36(42(4,5)6)48-41(61)31(22-35(55)56)47-39(59)29(20-25-13-15-26(49)16-14-25)44-38(58)28(19-24-11-9-8-10-12-24)45-40(60)30(21-34(53)54)46-37(57)27(43-23(2)3)17-18-33(51)52/h8-16,23,27-31,33,36,43,49,51-52H,7,17-22H2,1-6H3,(H,44,58)(H,45,60)(H,46,57)(H,47,59)(H,48,61)(H,53,54)(H,55,56)/t27-,28-,29-,30-,31-,36+/m0/s1. The van der Waals surface area contributed by atoms with Crippen molar-refractivity contribution in [2.75, 3.05) is 0 Å². The molecule has 0 saturated heterocycles. The van der Waals surface area contributed by atoms with Crippen LogP contribution in [0.4, 0.5) is 0 Å². The zero-order valence-electron chi connectivity index (χ0n) is 35.3. The van der Waals surface area contributed by atoms with Crippen molar-refractivity contribution in [3.8, 4) is 5.75 Å². The van der Waals surface area contributed by atoms with Gasteiger partial charge >= 0.3 is 11.9 Å². The second-order valence-corrected chi connectivity index (χ2v) is 16.1. The topological polar surface area (TPSA) is 310 Å². The molecule has 0 aromatic heterocycles. The average molecular weight is 857 g/mol. The van der Waals surface area contributed by atoms with E-state index < -0.39 is 102 Å². The molecular formula is C42H60N6O13. The number of hydrogen-bond acceptors (Lipinski definition) is 12. The normalized spacial score (nSPS) is 14.4. The first-order valence-corrected chi connectivity index (χ1v) is 19.9. The average Bonchev–Trinajstić information content (AvgIpc) is 3.17. The Labute approximate surface area is 354 Å². The van der Waals surface area contributed by atoms with Crippen molar-refractivity contribution >= 4 is 47.3 Å². The molecule has 0 bridgehead atoms. The molecule has 0 aliphatic carbocycles. The van der Waals surface area contributed by atoms with Crippen LogP contribution in [0.3, 0.4) is 0 Å². The third-order valence-electron chi connectivity index (χ3n) is 9.34. The van der Waals surface area contributed by atoms with Crippen LogP contribution in [0.15, 0.2) is 54.6 Å². The predicted molar refractivity (Wildman–Crippen MR) is 220 cm³/mol. The number of carbonyl (C=O) groups is 8. The van der Waals surface area contributed by atoms with Gasteiger partial charge in [0.05, 0.1) is 24.9 Å². The van der Waals surface area contributed by atoms with E-state index >= 15 is 0 Å². The van der Waals surface area contributed by atoms with Crippen molar-refractivity contribution in [2.24, 2.45) is 5.41 Å². The molecule has 19 nitrogen and oxygen atoms in total. The fourth-order valence-corrected chi connectivity index (χ4v) is 6.23. The summed E-state index contributed by atoms with van der Waals surface area (Å²) in [5.41, 5.74) is 0.152. The number of benzene rings is 2. The molecule has 0 saturated carbocycles. The number of phenolic OH excluding ortho intramolecular Hbond substituents is 1. The Morgan fingerprint density at radius 3 is 1.39 bits per heavy atom. The largest absolute Gasteiger partial charge is 0.508 e. The molecule has 0 fully saturated rings. The van der Waals surface area contributed by atoms with Gasteiger partial charge in [0.15, 0.2) is 12.1 Å². The maximum atomic E-state index is 14.2. The van der Waals surface area contributed by atoms with Gasteiger partial charge < -0.3 is 57.4 Å². The summed E-state index contributed by atoms with van der Waals surface area (Å²) in [5.74, 6) is -8.21. The number of Topliss-reactive ketones (excluding diaryl/α,β-unsaturated/α-hetero) is 1. The summed E-state index contributed by atoms with van der Waals surface area (Å²) in [6.45, 7) is 10.2. The van der Waals surface area contributed by atoms with Gasteiger partial charge in [0.25, 0.3) is 0 Å². The van der Waals surface area contributed by atoms with Gasteiger partial charge in [-0.2, -0.15) is 0 Å². The Bertz CT molecular complexity index is 1820. The second-order valence-electron chi connectivity index (χ2n) is 16.1. The zero-order chi connectivity index (χ0) is 46.0. The number of aliphatic carboxylic acids is 2. The minimum atomic E-state index is -1.74. The summed E-state index contributed by atoms with van der Waals surface area (Å²) < 4.78 is 0. The lowest BCUT2D eigenvalue weighted by molar-refractivity contribution is -0.142. The molecular weight excluding hydrogens is 796 g/mol. The van der Waals surface area contributed by atoms with Gasteiger partial charge in [-0.3, -0.25) is 38.4 Å². The Balaban J connectivity index is 2.53.